The van der Waals surface area contributed by atoms with Crippen LogP contribution in [0.5, 0.6) is 5.75 Å². The quantitative estimate of drug-likeness (QED) is 0.282. The number of hydrogen-bond donors (Lipinski definition) is 1. The Morgan fingerprint density at radius 2 is 1.77 bits per heavy atom. The molecular formula is C27H24N4O4. The van der Waals surface area contributed by atoms with E-state index in [4.69, 9.17) is 9.47 Å². The van der Waals surface area contributed by atoms with E-state index in [1.54, 1.807) is 35.3 Å². The van der Waals surface area contributed by atoms with Crippen LogP contribution in [0.1, 0.15) is 31.4 Å². The molecule has 0 saturated heterocycles. The van der Waals surface area contributed by atoms with Gasteiger partial charge in [-0.15, -0.1) is 0 Å². The summed E-state index contributed by atoms with van der Waals surface area (Å²) in [7, 11) is 0. The van der Waals surface area contributed by atoms with Gasteiger partial charge in [0.1, 0.15) is 17.7 Å². The van der Waals surface area contributed by atoms with Crippen LogP contribution in [0.3, 0.4) is 0 Å². The fourth-order valence-electron chi connectivity index (χ4n) is 3.58. The Hall–Kier alpha value is -4.46. The number of benzene rings is 2. The molecule has 1 aliphatic carbocycles. The van der Waals surface area contributed by atoms with Gasteiger partial charge in [-0.25, -0.2) is 9.48 Å². The summed E-state index contributed by atoms with van der Waals surface area (Å²) < 4.78 is 12.4. The number of anilines is 1. The lowest BCUT2D eigenvalue weighted by Crippen LogP contribution is -2.18. The minimum Gasteiger partial charge on any atom is -0.441 e. The van der Waals surface area contributed by atoms with Crippen molar-refractivity contribution in [3.8, 4) is 22.7 Å². The minimum atomic E-state index is -0.574. The lowest BCUT2D eigenvalue weighted by Gasteiger charge is -2.15. The Morgan fingerprint density at radius 1 is 1.00 bits per heavy atom. The minimum absolute atomic E-state index is 0.0553. The van der Waals surface area contributed by atoms with Crippen molar-refractivity contribution in [3.63, 3.8) is 0 Å². The van der Waals surface area contributed by atoms with Gasteiger partial charge in [0.15, 0.2) is 0 Å². The van der Waals surface area contributed by atoms with E-state index >= 15 is 0 Å². The van der Waals surface area contributed by atoms with Crippen LogP contribution in [0.4, 0.5) is 10.6 Å². The zero-order valence-corrected chi connectivity index (χ0v) is 19.1. The van der Waals surface area contributed by atoms with E-state index in [0.717, 1.165) is 29.7 Å². The molecule has 1 amide bonds. The molecule has 8 nitrogen and oxygen atoms in total. The Kier molecular flexibility index (Phi) is 6.26. The van der Waals surface area contributed by atoms with Gasteiger partial charge in [0, 0.05) is 11.6 Å². The van der Waals surface area contributed by atoms with Gasteiger partial charge >= 0.3 is 12.1 Å². The molecule has 5 rings (SSSR count). The Bertz CT molecular complexity index is 1310. The predicted molar refractivity (Wildman–Crippen MR) is 130 cm³/mol. The highest BCUT2D eigenvalue weighted by Gasteiger charge is 2.31. The standard InChI is InChI=1S/C27H24N4O4/c1-18(19-5-3-2-4-6-19)34-27(33)30-25-15-16-29-31(25)22-11-14-24(28-17-22)20-9-12-23(13-10-20)35-26(32)21-7-8-21/h2-6,9-18,21H,7-8H2,1H3,(H,30,33). The molecule has 1 aliphatic rings. The first-order chi connectivity index (χ1) is 17.1. The first-order valence-electron chi connectivity index (χ1n) is 11.4. The van der Waals surface area contributed by atoms with Crippen LogP contribution >= 0.6 is 0 Å². The number of rotatable bonds is 7. The SMILES string of the molecule is CC(OC(=O)Nc1ccnn1-c1ccc(-c2ccc(OC(=O)C3CC3)cc2)nc1)c1ccccc1. The predicted octanol–water partition coefficient (Wildman–Crippen LogP) is 5.56. The largest absolute Gasteiger partial charge is 0.441 e. The smallest absolute Gasteiger partial charge is 0.413 e. The number of amides is 1. The summed E-state index contributed by atoms with van der Waals surface area (Å²) in [6, 6.07) is 22.2. The average molecular weight is 469 g/mol. The number of aromatic nitrogens is 3. The summed E-state index contributed by atoms with van der Waals surface area (Å²) in [5, 5.41) is 7.04. The van der Waals surface area contributed by atoms with E-state index in [1.165, 1.54) is 0 Å². The third kappa shape index (κ3) is 5.38. The molecule has 1 atom stereocenters. The number of esters is 1. The molecule has 2 aromatic carbocycles. The second kappa shape index (κ2) is 9.80. The van der Waals surface area contributed by atoms with Gasteiger partial charge in [0.25, 0.3) is 0 Å². The van der Waals surface area contributed by atoms with Crippen molar-refractivity contribution in [1.29, 1.82) is 0 Å². The molecule has 1 N–H and O–H groups in total. The molecule has 4 aromatic rings. The molecule has 0 spiro atoms. The zero-order valence-electron chi connectivity index (χ0n) is 19.1. The summed E-state index contributed by atoms with van der Waals surface area (Å²) in [6.45, 7) is 1.82. The molecule has 1 saturated carbocycles. The van der Waals surface area contributed by atoms with Crippen LogP contribution in [0.15, 0.2) is 85.2 Å². The monoisotopic (exact) mass is 468 g/mol. The van der Waals surface area contributed by atoms with Crippen molar-refractivity contribution in [3.05, 3.63) is 90.8 Å². The molecule has 2 heterocycles. The highest BCUT2D eigenvalue weighted by molar-refractivity contribution is 5.84. The van der Waals surface area contributed by atoms with Gasteiger partial charge in [0.2, 0.25) is 0 Å². The van der Waals surface area contributed by atoms with E-state index in [9.17, 15) is 9.59 Å². The Morgan fingerprint density at radius 3 is 2.46 bits per heavy atom. The molecule has 1 unspecified atom stereocenters. The molecule has 1 fully saturated rings. The number of nitrogens with one attached hydrogen (secondary N) is 1. The molecule has 0 radical (unpaired) electrons. The summed E-state index contributed by atoms with van der Waals surface area (Å²) in [5.41, 5.74) is 3.23. The maximum absolute atomic E-state index is 12.4. The Labute approximate surface area is 202 Å². The lowest BCUT2D eigenvalue weighted by atomic mass is 10.1. The van der Waals surface area contributed by atoms with Gasteiger partial charge < -0.3 is 9.47 Å². The fraction of sp³-hybridized carbons (Fsp3) is 0.185. The Balaban J connectivity index is 1.23. The normalized spacial score (nSPS) is 13.6. The van der Waals surface area contributed by atoms with Crippen LogP contribution in [-0.2, 0) is 9.53 Å². The van der Waals surface area contributed by atoms with E-state index in [1.807, 2.05) is 61.5 Å². The summed E-state index contributed by atoms with van der Waals surface area (Å²) in [5.74, 6) is 0.886. The van der Waals surface area contributed by atoms with Gasteiger partial charge in [-0.2, -0.15) is 5.10 Å². The third-order valence-electron chi connectivity index (χ3n) is 5.70. The number of carbonyl (C=O) groups is 2. The highest BCUT2D eigenvalue weighted by Crippen LogP contribution is 2.31. The van der Waals surface area contributed by atoms with Crippen LogP contribution < -0.4 is 10.1 Å². The van der Waals surface area contributed by atoms with E-state index in [-0.39, 0.29) is 11.9 Å². The molecule has 8 heteroatoms. The van der Waals surface area contributed by atoms with Gasteiger partial charge in [0.05, 0.1) is 29.7 Å². The van der Waals surface area contributed by atoms with Crippen LogP contribution in [0, 0.1) is 5.92 Å². The first-order valence-corrected chi connectivity index (χ1v) is 11.4. The maximum atomic E-state index is 12.4. The topological polar surface area (TPSA) is 95.3 Å². The zero-order chi connectivity index (χ0) is 24.2. The van der Waals surface area contributed by atoms with Crippen molar-refractivity contribution in [2.75, 3.05) is 5.32 Å². The van der Waals surface area contributed by atoms with E-state index in [2.05, 4.69) is 15.4 Å². The van der Waals surface area contributed by atoms with Crippen molar-refractivity contribution in [2.45, 2.75) is 25.9 Å². The molecule has 0 aliphatic heterocycles. The summed E-state index contributed by atoms with van der Waals surface area (Å²) >= 11 is 0. The van der Waals surface area contributed by atoms with Crippen molar-refractivity contribution < 1.29 is 19.1 Å². The number of ether oxygens (including phenoxy) is 2. The van der Waals surface area contributed by atoms with Crippen LogP contribution in [0.25, 0.3) is 16.9 Å². The molecule has 176 valence electrons. The summed E-state index contributed by atoms with van der Waals surface area (Å²) in [6.07, 6.45) is 4.12. The number of pyridine rings is 1. The molecule has 2 aromatic heterocycles. The van der Waals surface area contributed by atoms with E-state index < -0.39 is 12.2 Å². The fourth-order valence-corrected chi connectivity index (χ4v) is 3.58. The number of hydrogen-bond acceptors (Lipinski definition) is 6. The molecule has 35 heavy (non-hydrogen) atoms. The van der Waals surface area contributed by atoms with E-state index in [0.29, 0.717) is 17.3 Å². The van der Waals surface area contributed by atoms with Crippen molar-refractivity contribution >= 4 is 17.9 Å². The lowest BCUT2D eigenvalue weighted by molar-refractivity contribution is -0.135. The molecular weight excluding hydrogens is 444 g/mol. The van der Waals surface area contributed by atoms with Crippen LogP contribution in [0.2, 0.25) is 0 Å². The van der Waals surface area contributed by atoms with Crippen LogP contribution in [-0.4, -0.2) is 26.8 Å². The second-order valence-electron chi connectivity index (χ2n) is 8.33. The highest BCUT2D eigenvalue weighted by atomic mass is 16.6. The second-order valence-corrected chi connectivity index (χ2v) is 8.33. The number of nitrogens with zero attached hydrogens (tertiary/aromatic N) is 3. The number of carbonyl (C=O) groups excluding carboxylic acids is 2. The van der Waals surface area contributed by atoms with Gasteiger partial charge in [-0.05, 0) is 61.7 Å². The maximum Gasteiger partial charge on any atom is 0.413 e. The van der Waals surface area contributed by atoms with Gasteiger partial charge in [-0.3, -0.25) is 15.1 Å². The summed E-state index contributed by atoms with van der Waals surface area (Å²) in [4.78, 5) is 28.8. The third-order valence-corrected chi connectivity index (χ3v) is 5.70. The van der Waals surface area contributed by atoms with Gasteiger partial charge in [-0.1, -0.05) is 30.3 Å². The van der Waals surface area contributed by atoms with Crippen molar-refractivity contribution in [2.24, 2.45) is 5.92 Å². The van der Waals surface area contributed by atoms with Crippen molar-refractivity contribution in [1.82, 2.24) is 14.8 Å². The average Bonchev–Trinajstić information content (AvgIpc) is 3.64. The first kappa shape index (κ1) is 22.3. The molecule has 0 bridgehead atoms.